The van der Waals surface area contributed by atoms with E-state index < -0.39 is 5.60 Å². The van der Waals surface area contributed by atoms with Gasteiger partial charge in [0, 0.05) is 5.56 Å². The van der Waals surface area contributed by atoms with Crippen LogP contribution in [0.25, 0.3) is 0 Å². The highest BCUT2D eigenvalue weighted by atomic mass is 16.3. The summed E-state index contributed by atoms with van der Waals surface area (Å²) in [6.45, 7) is 2.01. The lowest BCUT2D eigenvalue weighted by Crippen LogP contribution is -2.05. The number of aliphatic hydroxyl groups is 1. The van der Waals surface area contributed by atoms with E-state index in [0.717, 1.165) is 12.0 Å². The van der Waals surface area contributed by atoms with Crippen LogP contribution in [0.5, 0.6) is 0 Å². The molecule has 0 heterocycles. The lowest BCUT2D eigenvalue weighted by atomic mass is 10.2. The second-order valence-electron chi connectivity index (χ2n) is 3.65. The van der Waals surface area contributed by atoms with Gasteiger partial charge in [0.05, 0.1) is 0 Å². The van der Waals surface area contributed by atoms with Gasteiger partial charge in [-0.05, 0) is 24.5 Å². The number of benzene rings is 1. The first kappa shape index (κ1) is 8.34. The molecule has 13 heavy (non-hydrogen) atoms. The van der Waals surface area contributed by atoms with Gasteiger partial charge in [0.2, 0.25) is 0 Å². The lowest BCUT2D eigenvalue weighted by molar-refractivity contribution is 0.196. The zero-order valence-corrected chi connectivity index (χ0v) is 7.62. The Labute approximate surface area is 78.4 Å². The summed E-state index contributed by atoms with van der Waals surface area (Å²) >= 11 is 0. The van der Waals surface area contributed by atoms with Crippen molar-refractivity contribution in [3.63, 3.8) is 0 Å². The minimum absolute atomic E-state index is 0.337. The second kappa shape index (κ2) is 2.90. The average molecular weight is 172 g/mol. The van der Waals surface area contributed by atoms with Gasteiger partial charge < -0.3 is 5.11 Å². The van der Waals surface area contributed by atoms with E-state index in [2.05, 4.69) is 11.8 Å². The van der Waals surface area contributed by atoms with Crippen molar-refractivity contribution in [3.05, 3.63) is 35.9 Å². The summed E-state index contributed by atoms with van der Waals surface area (Å²) in [4.78, 5) is 0. The monoisotopic (exact) mass is 172 g/mol. The standard InChI is InChI=1S/C12H12O/c1-10-9-12(10,13)8-7-11-5-3-2-4-6-11/h2-6,10,13H,9H2,1H3/t10-,12+/m1/s1. The van der Waals surface area contributed by atoms with Crippen molar-refractivity contribution in [1.29, 1.82) is 0 Å². The van der Waals surface area contributed by atoms with E-state index in [9.17, 15) is 5.11 Å². The third-order valence-electron chi connectivity index (χ3n) is 2.47. The van der Waals surface area contributed by atoms with Crippen molar-refractivity contribution in [2.45, 2.75) is 18.9 Å². The summed E-state index contributed by atoms with van der Waals surface area (Å²) in [5.41, 5.74) is 0.269. The molecule has 66 valence electrons. The molecule has 1 saturated carbocycles. The van der Waals surface area contributed by atoms with E-state index >= 15 is 0 Å². The van der Waals surface area contributed by atoms with Crippen molar-refractivity contribution in [2.75, 3.05) is 0 Å². The Morgan fingerprint density at radius 3 is 2.54 bits per heavy atom. The zero-order chi connectivity index (χ0) is 9.31. The van der Waals surface area contributed by atoms with Gasteiger partial charge in [-0.1, -0.05) is 37.0 Å². The molecule has 0 saturated heterocycles. The Morgan fingerprint density at radius 1 is 1.38 bits per heavy atom. The molecule has 0 bridgehead atoms. The third-order valence-corrected chi connectivity index (χ3v) is 2.47. The molecule has 0 radical (unpaired) electrons. The van der Waals surface area contributed by atoms with Crippen LogP contribution in [0.4, 0.5) is 0 Å². The smallest absolute Gasteiger partial charge is 0.128 e. The highest BCUT2D eigenvalue weighted by Gasteiger charge is 2.48. The fraction of sp³-hybridized carbons (Fsp3) is 0.333. The highest BCUT2D eigenvalue weighted by Crippen LogP contribution is 2.42. The summed E-state index contributed by atoms with van der Waals surface area (Å²) in [5.74, 6) is 6.22. The van der Waals surface area contributed by atoms with Gasteiger partial charge in [-0.15, -0.1) is 0 Å². The predicted octanol–water partition coefficient (Wildman–Crippen LogP) is 1.81. The van der Waals surface area contributed by atoms with Crippen LogP contribution in [-0.2, 0) is 0 Å². The molecule has 1 aromatic rings. The van der Waals surface area contributed by atoms with E-state index in [1.54, 1.807) is 0 Å². The first-order valence-corrected chi connectivity index (χ1v) is 4.51. The molecule has 1 aromatic carbocycles. The molecule has 0 aromatic heterocycles. The summed E-state index contributed by atoms with van der Waals surface area (Å²) in [5, 5.41) is 9.68. The predicted molar refractivity (Wildman–Crippen MR) is 52.1 cm³/mol. The minimum atomic E-state index is -0.699. The fourth-order valence-electron chi connectivity index (χ4n) is 1.28. The Balaban J connectivity index is 2.14. The Hall–Kier alpha value is -1.26. The summed E-state index contributed by atoms with van der Waals surface area (Å²) in [6.07, 6.45) is 0.812. The molecule has 1 N–H and O–H groups in total. The van der Waals surface area contributed by atoms with Gasteiger partial charge in [0.25, 0.3) is 0 Å². The molecule has 0 amide bonds. The average Bonchev–Trinajstić information content (AvgIpc) is 2.74. The fourth-order valence-corrected chi connectivity index (χ4v) is 1.28. The maximum Gasteiger partial charge on any atom is 0.128 e. The van der Waals surface area contributed by atoms with Gasteiger partial charge in [0.15, 0.2) is 0 Å². The Morgan fingerprint density at radius 2 is 2.00 bits per heavy atom. The van der Waals surface area contributed by atoms with Gasteiger partial charge in [-0.3, -0.25) is 0 Å². The minimum Gasteiger partial charge on any atom is -0.377 e. The third kappa shape index (κ3) is 1.74. The Kier molecular flexibility index (Phi) is 1.86. The molecule has 0 aliphatic heterocycles. The normalized spacial score (nSPS) is 30.5. The Bertz CT molecular complexity index is 358. The van der Waals surface area contributed by atoms with Crippen molar-refractivity contribution in [1.82, 2.24) is 0 Å². The largest absolute Gasteiger partial charge is 0.377 e. The molecule has 1 fully saturated rings. The maximum atomic E-state index is 9.68. The van der Waals surface area contributed by atoms with Crippen LogP contribution in [0.3, 0.4) is 0 Å². The van der Waals surface area contributed by atoms with Crippen molar-refractivity contribution in [3.8, 4) is 11.8 Å². The maximum absolute atomic E-state index is 9.68. The van der Waals surface area contributed by atoms with Gasteiger partial charge >= 0.3 is 0 Å². The molecule has 1 aliphatic rings. The molecule has 1 nitrogen and oxygen atoms in total. The van der Waals surface area contributed by atoms with Crippen molar-refractivity contribution < 1.29 is 5.11 Å². The molecule has 0 unspecified atom stereocenters. The number of hydrogen-bond donors (Lipinski definition) is 1. The molecule has 1 aliphatic carbocycles. The van der Waals surface area contributed by atoms with Crippen LogP contribution in [0.1, 0.15) is 18.9 Å². The first-order valence-electron chi connectivity index (χ1n) is 4.51. The van der Waals surface area contributed by atoms with Crippen LogP contribution < -0.4 is 0 Å². The molecule has 0 spiro atoms. The van der Waals surface area contributed by atoms with Crippen LogP contribution in [0.2, 0.25) is 0 Å². The molecule has 2 atom stereocenters. The van der Waals surface area contributed by atoms with E-state index in [0.29, 0.717) is 5.92 Å². The molecule has 2 rings (SSSR count). The van der Waals surface area contributed by atoms with Crippen LogP contribution >= 0.6 is 0 Å². The topological polar surface area (TPSA) is 20.2 Å². The van der Waals surface area contributed by atoms with Crippen LogP contribution in [-0.4, -0.2) is 10.7 Å². The van der Waals surface area contributed by atoms with Crippen molar-refractivity contribution >= 4 is 0 Å². The summed E-state index contributed by atoms with van der Waals surface area (Å²) in [6, 6.07) is 9.75. The van der Waals surface area contributed by atoms with E-state index in [1.165, 1.54) is 0 Å². The lowest BCUT2D eigenvalue weighted by Gasteiger charge is -1.95. The van der Waals surface area contributed by atoms with E-state index in [1.807, 2.05) is 37.3 Å². The number of hydrogen-bond acceptors (Lipinski definition) is 1. The van der Waals surface area contributed by atoms with Gasteiger partial charge in [0.1, 0.15) is 5.60 Å². The molecule has 1 heteroatoms. The first-order chi connectivity index (χ1) is 6.21. The van der Waals surface area contributed by atoms with Crippen molar-refractivity contribution in [2.24, 2.45) is 5.92 Å². The van der Waals surface area contributed by atoms with Gasteiger partial charge in [-0.2, -0.15) is 0 Å². The van der Waals surface area contributed by atoms with E-state index in [4.69, 9.17) is 0 Å². The number of rotatable bonds is 0. The molecular formula is C12H12O. The summed E-state index contributed by atoms with van der Waals surface area (Å²) in [7, 11) is 0. The quantitative estimate of drug-likeness (QED) is 0.592. The van der Waals surface area contributed by atoms with Gasteiger partial charge in [-0.25, -0.2) is 0 Å². The highest BCUT2D eigenvalue weighted by molar-refractivity contribution is 5.38. The zero-order valence-electron chi connectivity index (χ0n) is 7.62. The molecular weight excluding hydrogens is 160 g/mol. The van der Waals surface area contributed by atoms with Crippen LogP contribution in [0, 0.1) is 17.8 Å². The van der Waals surface area contributed by atoms with E-state index in [-0.39, 0.29) is 0 Å². The van der Waals surface area contributed by atoms with Crippen LogP contribution in [0.15, 0.2) is 30.3 Å². The SMILES string of the molecule is C[C@@H]1C[C@@]1(O)C#Cc1ccccc1. The summed E-state index contributed by atoms with van der Waals surface area (Å²) < 4.78 is 0. The second-order valence-corrected chi connectivity index (χ2v) is 3.65.